The van der Waals surface area contributed by atoms with Gasteiger partial charge in [-0.15, -0.1) is 0 Å². The highest BCUT2D eigenvalue weighted by molar-refractivity contribution is 5.33. The average Bonchev–Trinajstić information content (AvgIpc) is 2.84. The van der Waals surface area contributed by atoms with Crippen LogP contribution >= 0.6 is 0 Å². The first-order valence-corrected chi connectivity index (χ1v) is 6.55. The molecule has 1 unspecified atom stereocenters. The second-order valence-corrected chi connectivity index (χ2v) is 4.49. The lowest BCUT2D eigenvalue weighted by Crippen LogP contribution is -2.18. The van der Waals surface area contributed by atoms with E-state index in [4.69, 9.17) is 9.15 Å². The topological polar surface area (TPSA) is 47.3 Å². The van der Waals surface area contributed by atoms with E-state index in [0.717, 1.165) is 29.1 Å². The molecule has 0 saturated heterocycles. The Morgan fingerprint density at radius 1 is 1.42 bits per heavy atom. The van der Waals surface area contributed by atoms with Gasteiger partial charge in [-0.05, 0) is 43.7 Å². The fraction of sp³-hybridized carbons (Fsp3) is 0.400. The van der Waals surface area contributed by atoms with Crippen LogP contribution in [0.2, 0.25) is 0 Å². The molecular formula is C15H20N2O2. The highest BCUT2D eigenvalue weighted by atomic mass is 16.5. The van der Waals surface area contributed by atoms with Crippen molar-refractivity contribution in [3.63, 3.8) is 0 Å². The van der Waals surface area contributed by atoms with Crippen molar-refractivity contribution in [3.05, 3.63) is 47.7 Å². The van der Waals surface area contributed by atoms with E-state index >= 15 is 0 Å². The Bertz CT molecular complexity index is 522. The molecule has 0 aliphatic carbocycles. The van der Waals surface area contributed by atoms with Gasteiger partial charge < -0.3 is 14.5 Å². The first kappa shape index (κ1) is 13.6. The first-order valence-electron chi connectivity index (χ1n) is 6.55. The summed E-state index contributed by atoms with van der Waals surface area (Å²) in [5.41, 5.74) is 2.16. The maximum Gasteiger partial charge on any atom is 0.137 e. The molecule has 4 nitrogen and oxygen atoms in total. The predicted molar refractivity (Wildman–Crippen MR) is 74.4 cm³/mol. The predicted octanol–water partition coefficient (Wildman–Crippen LogP) is 3.08. The van der Waals surface area contributed by atoms with E-state index in [9.17, 15) is 0 Å². The van der Waals surface area contributed by atoms with E-state index in [1.54, 1.807) is 12.5 Å². The third-order valence-electron chi connectivity index (χ3n) is 2.99. The van der Waals surface area contributed by atoms with E-state index < -0.39 is 0 Å². The van der Waals surface area contributed by atoms with Crippen molar-refractivity contribution in [2.75, 3.05) is 13.7 Å². The molecule has 0 fully saturated rings. The SMILES string of the molecule is CCCOc1cncc(C(NC)c2occc2C)c1. The molecular weight excluding hydrogens is 240 g/mol. The number of pyridine rings is 1. The molecule has 0 amide bonds. The molecule has 1 N–H and O–H groups in total. The van der Waals surface area contributed by atoms with Crippen LogP contribution in [0.25, 0.3) is 0 Å². The monoisotopic (exact) mass is 260 g/mol. The average molecular weight is 260 g/mol. The minimum absolute atomic E-state index is 0.00678. The van der Waals surface area contributed by atoms with Crippen molar-refractivity contribution in [2.24, 2.45) is 0 Å². The fourth-order valence-corrected chi connectivity index (χ4v) is 2.02. The van der Waals surface area contributed by atoms with E-state index in [0.29, 0.717) is 6.61 Å². The Morgan fingerprint density at radius 3 is 2.89 bits per heavy atom. The first-order chi connectivity index (χ1) is 9.26. The van der Waals surface area contributed by atoms with Crippen LogP contribution in [0.3, 0.4) is 0 Å². The molecule has 0 saturated carbocycles. The zero-order chi connectivity index (χ0) is 13.7. The van der Waals surface area contributed by atoms with Crippen LogP contribution in [0, 0.1) is 6.92 Å². The van der Waals surface area contributed by atoms with Gasteiger partial charge in [-0.1, -0.05) is 6.92 Å². The number of nitrogens with one attached hydrogen (secondary N) is 1. The molecule has 1 atom stereocenters. The highest BCUT2D eigenvalue weighted by Crippen LogP contribution is 2.26. The number of furan rings is 1. The number of nitrogens with zero attached hydrogens (tertiary/aromatic N) is 1. The third-order valence-corrected chi connectivity index (χ3v) is 2.99. The van der Waals surface area contributed by atoms with Crippen molar-refractivity contribution >= 4 is 0 Å². The van der Waals surface area contributed by atoms with Gasteiger partial charge in [0.1, 0.15) is 11.5 Å². The van der Waals surface area contributed by atoms with Gasteiger partial charge in [0.05, 0.1) is 25.1 Å². The van der Waals surface area contributed by atoms with E-state index in [1.165, 1.54) is 0 Å². The van der Waals surface area contributed by atoms with Crippen molar-refractivity contribution in [3.8, 4) is 5.75 Å². The summed E-state index contributed by atoms with van der Waals surface area (Å²) in [6, 6.07) is 3.96. The number of ether oxygens (including phenoxy) is 1. The summed E-state index contributed by atoms with van der Waals surface area (Å²) in [5, 5.41) is 3.26. The number of aryl methyl sites for hydroxylation is 1. The molecule has 2 aromatic rings. The molecule has 19 heavy (non-hydrogen) atoms. The molecule has 102 valence electrons. The van der Waals surface area contributed by atoms with Gasteiger partial charge in [-0.25, -0.2) is 0 Å². The third kappa shape index (κ3) is 3.15. The Labute approximate surface area is 113 Å². The minimum atomic E-state index is -0.00678. The molecule has 0 bridgehead atoms. The summed E-state index contributed by atoms with van der Waals surface area (Å²) >= 11 is 0. The number of hydrogen-bond acceptors (Lipinski definition) is 4. The molecule has 0 aromatic carbocycles. The number of aromatic nitrogens is 1. The Balaban J connectivity index is 2.26. The van der Waals surface area contributed by atoms with E-state index in [2.05, 4.69) is 17.2 Å². The molecule has 0 radical (unpaired) electrons. The number of hydrogen-bond donors (Lipinski definition) is 1. The van der Waals surface area contributed by atoms with Gasteiger partial charge in [-0.3, -0.25) is 4.98 Å². The smallest absolute Gasteiger partial charge is 0.137 e. The van der Waals surface area contributed by atoms with Crippen LogP contribution < -0.4 is 10.1 Å². The van der Waals surface area contributed by atoms with Crippen molar-refractivity contribution in [1.29, 1.82) is 0 Å². The van der Waals surface area contributed by atoms with Crippen LogP contribution in [0.15, 0.2) is 35.2 Å². The second kappa shape index (κ2) is 6.38. The maximum atomic E-state index is 5.62. The van der Waals surface area contributed by atoms with Crippen LogP contribution in [0.5, 0.6) is 5.75 Å². The summed E-state index contributed by atoms with van der Waals surface area (Å²) in [6.45, 7) is 4.82. The fourth-order valence-electron chi connectivity index (χ4n) is 2.02. The number of rotatable bonds is 6. The summed E-state index contributed by atoms with van der Waals surface area (Å²) in [7, 11) is 1.91. The summed E-state index contributed by atoms with van der Waals surface area (Å²) < 4.78 is 11.2. The quantitative estimate of drug-likeness (QED) is 0.867. The Morgan fingerprint density at radius 2 is 2.26 bits per heavy atom. The normalized spacial score (nSPS) is 12.4. The lowest BCUT2D eigenvalue weighted by molar-refractivity contribution is 0.315. The van der Waals surface area contributed by atoms with Gasteiger partial charge in [0.15, 0.2) is 0 Å². The van der Waals surface area contributed by atoms with Crippen LogP contribution in [0.1, 0.15) is 36.3 Å². The van der Waals surface area contributed by atoms with E-state index in [-0.39, 0.29) is 6.04 Å². The molecule has 2 heterocycles. The standard InChI is InChI=1S/C15H20N2O2/c1-4-6-18-13-8-12(9-17-10-13)14(16-3)15-11(2)5-7-19-15/h5,7-10,14,16H,4,6H2,1-3H3. The van der Waals surface area contributed by atoms with Gasteiger partial charge in [-0.2, -0.15) is 0 Å². The van der Waals surface area contributed by atoms with Gasteiger partial charge in [0, 0.05) is 6.20 Å². The van der Waals surface area contributed by atoms with Crippen LogP contribution in [-0.4, -0.2) is 18.6 Å². The molecule has 0 aliphatic heterocycles. The zero-order valence-corrected chi connectivity index (χ0v) is 11.6. The van der Waals surface area contributed by atoms with Crippen LogP contribution in [-0.2, 0) is 0 Å². The van der Waals surface area contributed by atoms with Gasteiger partial charge in [0.25, 0.3) is 0 Å². The largest absolute Gasteiger partial charge is 0.492 e. The van der Waals surface area contributed by atoms with Crippen molar-refractivity contribution < 1.29 is 9.15 Å². The molecule has 0 aliphatic rings. The van der Waals surface area contributed by atoms with E-state index in [1.807, 2.05) is 32.3 Å². The van der Waals surface area contributed by atoms with Crippen LogP contribution in [0.4, 0.5) is 0 Å². The highest BCUT2D eigenvalue weighted by Gasteiger charge is 2.18. The summed E-state index contributed by atoms with van der Waals surface area (Å²) in [4.78, 5) is 4.24. The maximum absolute atomic E-state index is 5.62. The summed E-state index contributed by atoms with van der Waals surface area (Å²) in [6.07, 6.45) is 6.26. The lowest BCUT2D eigenvalue weighted by Gasteiger charge is -2.16. The van der Waals surface area contributed by atoms with Crippen molar-refractivity contribution in [2.45, 2.75) is 26.3 Å². The molecule has 2 rings (SSSR count). The van der Waals surface area contributed by atoms with Gasteiger partial charge in [0.2, 0.25) is 0 Å². The molecule has 0 spiro atoms. The summed E-state index contributed by atoms with van der Waals surface area (Å²) in [5.74, 6) is 1.71. The van der Waals surface area contributed by atoms with Crippen molar-refractivity contribution in [1.82, 2.24) is 10.3 Å². The second-order valence-electron chi connectivity index (χ2n) is 4.49. The minimum Gasteiger partial charge on any atom is -0.492 e. The van der Waals surface area contributed by atoms with Gasteiger partial charge >= 0.3 is 0 Å². The Kier molecular flexibility index (Phi) is 4.58. The lowest BCUT2D eigenvalue weighted by atomic mass is 10.0. The molecule has 4 heteroatoms. The zero-order valence-electron chi connectivity index (χ0n) is 11.6. The molecule has 2 aromatic heterocycles. The Hall–Kier alpha value is -1.81.